The number of rotatable bonds is 6. The number of nitrogens with one attached hydrogen (secondary N) is 1. The lowest BCUT2D eigenvalue weighted by atomic mass is 9.44. The van der Waals surface area contributed by atoms with Crippen LogP contribution in [0.2, 0.25) is 5.02 Å². The summed E-state index contributed by atoms with van der Waals surface area (Å²) in [5, 5.41) is 17.6. The van der Waals surface area contributed by atoms with E-state index < -0.39 is 36.0 Å². The van der Waals surface area contributed by atoms with Gasteiger partial charge < -0.3 is 19.9 Å². The molecule has 4 saturated carbocycles. The van der Waals surface area contributed by atoms with Gasteiger partial charge in [-0.25, -0.2) is 4.39 Å². The second-order valence-corrected chi connectivity index (χ2v) is 10.6. The number of carbonyl (C=O) groups excluding carboxylic acids is 1. The molecule has 8 nitrogen and oxygen atoms in total. The van der Waals surface area contributed by atoms with Crippen molar-refractivity contribution in [1.29, 1.82) is 0 Å². The molecule has 2 aromatic rings. The summed E-state index contributed by atoms with van der Waals surface area (Å²) in [5.41, 5.74) is -0.313. The number of aromatic nitrogens is 2. The van der Waals surface area contributed by atoms with E-state index >= 15 is 0 Å². The van der Waals surface area contributed by atoms with Crippen LogP contribution in [0.25, 0.3) is 0 Å². The Morgan fingerprint density at radius 3 is 2.64 bits per heavy atom. The number of alkyl halides is 3. The fraction of sp³-hybridized carbons (Fsp3) is 0.565. The van der Waals surface area contributed by atoms with Crippen molar-refractivity contribution in [1.82, 2.24) is 15.1 Å². The number of hydrogen-bond donors (Lipinski definition) is 2. The lowest BCUT2D eigenvalue weighted by molar-refractivity contribution is -0.355. The Kier molecular flexibility index (Phi) is 5.27. The summed E-state index contributed by atoms with van der Waals surface area (Å²) in [7, 11) is 0. The molecule has 2 N–H and O–H groups in total. The van der Waals surface area contributed by atoms with Gasteiger partial charge in [0, 0.05) is 36.4 Å². The van der Waals surface area contributed by atoms with Crippen LogP contribution in [0.3, 0.4) is 0 Å². The van der Waals surface area contributed by atoms with Gasteiger partial charge in [-0.1, -0.05) is 11.6 Å². The lowest BCUT2D eigenvalue weighted by Crippen LogP contribution is -2.79. The van der Waals surface area contributed by atoms with Crippen LogP contribution in [-0.4, -0.2) is 51.0 Å². The van der Waals surface area contributed by atoms with Crippen molar-refractivity contribution in [3.05, 3.63) is 40.9 Å². The summed E-state index contributed by atoms with van der Waals surface area (Å²) in [6.45, 7) is 0. The van der Waals surface area contributed by atoms with Crippen LogP contribution in [0.15, 0.2) is 24.5 Å². The number of fused-ring (bicyclic) bond motifs is 1. The molecule has 2 atom stereocenters. The maximum absolute atomic E-state index is 13.8. The summed E-state index contributed by atoms with van der Waals surface area (Å²) in [6, 6.07) is 2.37. The first kappa shape index (κ1) is 23.8. The molecule has 0 saturated heterocycles. The van der Waals surface area contributed by atoms with E-state index in [1.807, 2.05) is 0 Å². The van der Waals surface area contributed by atoms with Gasteiger partial charge >= 0.3 is 6.36 Å². The van der Waals surface area contributed by atoms with Crippen molar-refractivity contribution in [2.24, 2.45) is 0 Å². The van der Waals surface area contributed by atoms with Crippen LogP contribution in [-0.2, 0) is 15.1 Å². The van der Waals surface area contributed by atoms with E-state index in [4.69, 9.17) is 21.1 Å². The van der Waals surface area contributed by atoms with Crippen molar-refractivity contribution in [3.63, 3.8) is 0 Å². The van der Waals surface area contributed by atoms with Crippen LogP contribution < -0.4 is 14.8 Å². The van der Waals surface area contributed by atoms with Crippen LogP contribution in [0.1, 0.15) is 50.2 Å². The number of carbonyl (C=O) groups is 1. The zero-order chi connectivity index (χ0) is 25.5. The molecule has 2 bridgehead atoms. The molecule has 1 aliphatic heterocycles. The maximum Gasteiger partial charge on any atom is 0.522 e. The molecule has 0 unspecified atom stereocenters. The minimum absolute atomic E-state index is 0.0257. The molecule has 1 aromatic carbocycles. The van der Waals surface area contributed by atoms with Crippen molar-refractivity contribution in [3.8, 4) is 11.5 Å². The van der Waals surface area contributed by atoms with Gasteiger partial charge in [0.15, 0.2) is 11.9 Å². The van der Waals surface area contributed by atoms with Crippen molar-refractivity contribution in [2.75, 3.05) is 0 Å². The molecule has 1 amide bonds. The summed E-state index contributed by atoms with van der Waals surface area (Å²) in [6.07, 6.45) is -2.31. The third-order valence-corrected chi connectivity index (χ3v) is 7.79. The Labute approximate surface area is 207 Å². The highest BCUT2D eigenvalue weighted by atomic mass is 35.5. The molecule has 194 valence electrons. The molecule has 0 radical (unpaired) electrons. The van der Waals surface area contributed by atoms with Gasteiger partial charge in [-0.15, -0.1) is 13.2 Å². The molecular formula is C23H22ClF4N3O5. The summed E-state index contributed by atoms with van der Waals surface area (Å²) in [4.78, 5) is 12.9. The summed E-state index contributed by atoms with van der Waals surface area (Å²) >= 11 is 5.78. The highest BCUT2D eigenvalue weighted by molar-refractivity contribution is 6.30. The predicted octanol–water partition coefficient (Wildman–Crippen LogP) is 3.75. The number of benzene rings is 1. The molecule has 0 spiro atoms. The molecule has 2 heterocycles. The number of hydrogen-bond acceptors (Lipinski definition) is 6. The Morgan fingerprint density at radius 2 is 1.94 bits per heavy atom. The SMILES string of the molecule is O=C(NC12CC(n3cc(OC4CC(OC(F)(F)F)C4)cn3)(C1)C2)[C@@H]1C[C@@H](O)c2cc(Cl)c(F)cc2O1. The zero-order valence-corrected chi connectivity index (χ0v) is 19.5. The fourth-order valence-electron chi connectivity index (χ4n) is 5.77. The van der Waals surface area contributed by atoms with Crippen LogP contribution >= 0.6 is 11.6 Å². The lowest BCUT2D eigenvalue weighted by Gasteiger charge is -2.70. The normalized spacial score (nSPS) is 34.4. The van der Waals surface area contributed by atoms with Crippen LogP contribution in [0, 0.1) is 5.82 Å². The summed E-state index contributed by atoms with van der Waals surface area (Å²) < 4.78 is 67.7. The molecule has 36 heavy (non-hydrogen) atoms. The Hall–Kier alpha value is -2.57. The Morgan fingerprint density at radius 1 is 1.22 bits per heavy atom. The predicted molar refractivity (Wildman–Crippen MR) is 115 cm³/mol. The Bertz CT molecular complexity index is 1200. The van der Waals surface area contributed by atoms with Gasteiger partial charge in [0.1, 0.15) is 17.7 Å². The smallest absolute Gasteiger partial charge is 0.487 e. The number of aliphatic hydroxyl groups excluding tert-OH is 1. The first-order chi connectivity index (χ1) is 16.9. The standard InChI is InChI=1S/C23H22ClF4N3O5/c24-15-3-14-17(32)5-19(35-18(14)4-16(15)25)20(33)30-21-8-22(9-21,10-21)31-7-13(6-29-31)34-11-1-12(2-11)36-23(26,27)28/h3-4,6-7,11-12,17,19,32H,1-2,5,8-10H2,(H,30,33)/t11?,12?,17-,19+,21?,22?/m1/s1. The van der Waals surface area contributed by atoms with E-state index in [-0.39, 0.29) is 47.6 Å². The quantitative estimate of drug-likeness (QED) is 0.551. The molecule has 1 aromatic heterocycles. The number of aliphatic hydroxyl groups is 1. The molecular weight excluding hydrogens is 510 g/mol. The number of nitrogens with zero attached hydrogens (tertiary/aromatic N) is 2. The van der Waals surface area contributed by atoms with Crippen LogP contribution in [0.4, 0.5) is 17.6 Å². The monoisotopic (exact) mass is 531 g/mol. The zero-order valence-electron chi connectivity index (χ0n) is 18.7. The van der Waals surface area contributed by atoms with E-state index in [9.17, 15) is 27.5 Å². The molecule has 5 aliphatic rings. The average Bonchev–Trinajstić information content (AvgIpc) is 3.16. The average molecular weight is 532 g/mol. The van der Waals surface area contributed by atoms with Gasteiger partial charge in [0.25, 0.3) is 5.91 Å². The van der Waals surface area contributed by atoms with Crippen molar-refractivity contribution in [2.45, 2.75) is 80.4 Å². The van der Waals surface area contributed by atoms with Gasteiger partial charge in [0.05, 0.1) is 35.2 Å². The van der Waals surface area contributed by atoms with Crippen molar-refractivity contribution >= 4 is 17.5 Å². The van der Waals surface area contributed by atoms with E-state index in [0.29, 0.717) is 30.6 Å². The first-order valence-corrected chi connectivity index (χ1v) is 11.9. The highest BCUT2D eigenvalue weighted by Crippen LogP contribution is 2.65. The molecule has 7 rings (SSSR count). The summed E-state index contributed by atoms with van der Waals surface area (Å²) in [5.74, 6) is -0.506. The first-order valence-electron chi connectivity index (χ1n) is 11.5. The van der Waals surface area contributed by atoms with Gasteiger partial charge in [0.2, 0.25) is 0 Å². The van der Waals surface area contributed by atoms with Gasteiger partial charge in [-0.05, 0) is 25.3 Å². The van der Waals surface area contributed by atoms with E-state index in [0.717, 1.165) is 6.07 Å². The van der Waals surface area contributed by atoms with E-state index in [1.54, 1.807) is 10.9 Å². The molecule has 4 aliphatic carbocycles. The number of ether oxygens (including phenoxy) is 3. The Balaban J connectivity index is 1.01. The highest BCUT2D eigenvalue weighted by Gasteiger charge is 2.70. The number of amides is 1. The molecule has 13 heteroatoms. The maximum atomic E-state index is 13.8. The fourth-order valence-corrected chi connectivity index (χ4v) is 5.94. The second kappa shape index (κ2) is 7.96. The second-order valence-electron chi connectivity index (χ2n) is 10.2. The topological polar surface area (TPSA) is 94.8 Å². The van der Waals surface area contributed by atoms with E-state index in [1.165, 1.54) is 12.3 Å². The largest absolute Gasteiger partial charge is 0.522 e. The number of halogens is 5. The minimum atomic E-state index is -4.64. The third kappa shape index (κ3) is 4.08. The molecule has 4 fully saturated rings. The van der Waals surface area contributed by atoms with Crippen molar-refractivity contribution < 1.29 is 41.7 Å². The third-order valence-electron chi connectivity index (χ3n) is 7.50. The minimum Gasteiger partial charge on any atom is -0.487 e. The van der Waals surface area contributed by atoms with Crippen LogP contribution in [0.5, 0.6) is 11.5 Å². The van der Waals surface area contributed by atoms with E-state index in [2.05, 4.69) is 15.2 Å². The van der Waals surface area contributed by atoms with Gasteiger partial charge in [-0.3, -0.25) is 14.2 Å². The van der Waals surface area contributed by atoms with Gasteiger partial charge in [-0.2, -0.15) is 5.10 Å².